The van der Waals surface area contributed by atoms with Crippen molar-refractivity contribution >= 4 is 46.5 Å². The highest BCUT2D eigenvalue weighted by atomic mass is 35.5. The van der Waals surface area contributed by atoms with Gasteiger partial charge in [0.1, 0.15) is 0 Å². The number of hydrogen-bond donors (Lipinski definition) is 0. The van der Waals surface area contributed by atoms with E-state index >= 15 is 0 Å². The van der Waals surface area contributed by atoms with Gasteiger partial charge in [0.15, 0.2) is 0 Å². The zero-order valence-electron chi connectivity index (χ0n) is 33.0. The highest BCUT2D eigenvalue weighted by molar-refractivity contribution is 6.31. The topological polar surface area (TPSA) is 37.2 Å². The molecule has 9 rings (SSSR count). The number of fused-ring (bicyclic) bond motifs is 4. The zero-order chi connectivity index (χ0) is 38.8. The molecule has 2 saturated heterocycles. The van der Waals surface area contributed by atoms with Gasteiger partial charge in [-0.15, -0.1) is 0 Å². The van der Waals surface area contributed by atoms with E-state index in [1.807, 2.05) is 30.6 Å². The van der Waals surface area contributed by atoms with Crippen LogP contribution in [0, 0.1) is 18.8 Å². The third kappa shape index (κ3) is 8.11. The van der Waals surface area contributed by atoms with Crippen LogP contribution in [0.2, 0.25) is 10.0 Å². The van der Waals surface area contributed by atoms with Crippen molar-refractivity contribution in [3.05, 3.63) is 165 Å². The van der Waals surface area contributed by atoms with Gasteiger partial charge in [-0.3, -0.25) is 9.97 Å². The number of nitrogens with zero attached hydrogens (tertiary/aromatic N) is 5. The van der Waals surface area contributed by atoms with Crippen LogP contribution in [0.4, 0.5) is 0 Å². The standard InChI is InChI=1S/C27H30ClN3.C22H23ClN2/c1-19-5-4-13-31(19)16-11-21-17-22-6-3-12-29-27(22)26(20-9-14-30(2)15-10-20)24-8-7-23(28)18-25(21)24;1-3-15-13-17-5-4-10-24-22(17)21(16-8-11-25(2)12-9-16)19-7-6-18(23)14-20(15)19/h3-8,12-13,17-18,20,26H,9-11,14-16H2,1-2H3;3-7,10,13-14,16,21H,1,8-9,11-12H2,2H3. The van der Waals surface area contributed by atoms with E-state index in [9.17, 15) is 0 Å². The van der Waals surface area contributed by atoms with Crippen LogP contribution in [0.1, 0.15) is 94.4 Å². The van der Waals surface area contributed by atoms with E-state index in [1.54, 1.807) is 0 Å². The second-order valence-corrected chi connectivity index (χ2v) is 17.1. The number of rotatable bonds is 6. The zero-order valence-corrected chi connectivity index (χ0v) is 34.5. The fraction of sp³-hybridized carbons (Fsp3) is 0.347. The van der Waals surface area contributed by atoms with Gasteiger partial charge >= 0.3 is 0 Å². The Hall–Kier alpha value is -4.26. The molecule has 56 heavy (non-hydrogen) atoms. The summed E-state index contributed by atoms with van der Waals surface area (Å²) in [6.07, 6.45) is 18.3. The molecular formula is C49H53Cl2N5. The van der Waals surface area contributed by atoms with Crippen LogP contribution >= 0.6 is 23.2 Å². The molecule has 0 bridgehead atoms. The molecule has 0 amide bonds. The monoisotopic (exact) mass is 781 g/mol. The molecule has 2 aliphatic heterocycles. The molecule has 5 heterocycles. The molecule has 7 heteroatoms. The fourth-order valence-corrected chi connectivity index (χ4v) is 9.95. The smallest absolute Gasteiger partial charge is 0.0553 e. The summed E-state index contributed by atoms with van der Waals surface area (Å²) in [5, 5.41) is 1.58. The van der Waals surface area contributed by atoms with Gasteiger partial charge in [-0.1, -0.05) is 60.1 Å². The van der Waals surface area contributed by atoms with Crippen LogP contribution in [0.25, 0.3) is 23.3 Å². The van der Waals surface area contributed by atoms with Crippen LogP contribution in [-0.4, -0.2) is 64.6 Å². The number of aromatic nitrogens is 3. The Morgan fingerprint density at radius 2 is 1.23 bits per heavy atom. The van der Waals surface area contributed by atoms with E-state index in [0.717, 1.165) is 54.8 Å². The summed E-state index contributed by atoms with van der Waals surface area (Å²) in [7, 11) is 4.44. The lowest BCUT2D eigenvalue weighted by Gasteiger charge is -2.35. The Bertz CT molecular complexity index is 2250. The molecule has 0 saturated carbocycles. The first kappa shape index (κ1) is 38.6. The second kappa shape index (κ2) is 17.1. The van der Waals surface area contributed by atoms with Crippen molar-refractivity contribution in [2.45, 2.75) is 57.4 Å². The summed E-state index contributed by atoms with van der Waals surface area (Å²) >= 11 is 12.9. The molecule has 2 fully saturated rings. The van der Waals surface area contributed by atoms with Crippen molar-refractivity contribution in [2.24, 2.45) is 11.8 Å². The number of pyridine rings is 2. The summed E-state index contributed by atoms with van der Waals surface area (Å²) < 4.78 is 2.33. The SMILES string of the molecule is C=CC1=Cc2cccnc2C(C2CCN(C)CC2)c2ccc(Cl)cc21.Cc1cccn1CCC1=Cc2cccnc2C(C2CCN(C)CC2)c2ccc(Cl)cc21. The first-order chi connectivity index (χ1) is 27.3. The number of piperidine rings is 2. The minimum Gasteiger partial charge on any atom is -0.351 e. The molecule has 0 N–H and O–H groups in total. The first-order valence-corrected chi connectivity index (χ1v) is 21.1. The number of halogens is 2. The van der Waals surface area contributed by atoms with Crippen molar-refractivity contribution in [1.29, 1.82) is 0 Å². The Morgan fingerprint density at radius 1 is 0.696 bits per heavy atom. The Balaban J connectivity index is 0.000000161. The van der Waals surface area contributed by atoms with Crippen molar-refractivity contribution in [3.8, 4) is 0 Å². The van der Waals surface area contributed by atoms with Gasteiger partial charge in [0, 0.05) is 52.7 Å². The Morgan fingerprint density at radius 3 is 1.77 bits per heavy atom. The maximum atomic E-state index is 6.53. The summed E-state index contributed by atoms with van der Waals surface area (Å²) in [6, 6.07) is 25.6. The van der Waals surface area contributed by atoms with Crippen molar-refractivity contribution in [3.63, 3.8) is 0 Å². The number of likely N-dealkylation sites (tertiary alicyclic amines) is 2. The van der Waals surface area contributed by atoms with E-state index in [2.05, 4.69) is 121 Å². The highest BCUT2D eigenvalue weighted by Crippen LogP contribution is 2.47. The molecule has 2 aromatic carbocycles. The van der Waals surface area contributed by atoms with Crippen LogP contribution in [-0.2, 0) is 6.54 Å². The molecule has 2 atom stereocenters. The maximum absolute atomic E-state index is 6.53. The summed E-state index contributed by atoms with van der Waals surface area (Å²) in [4.78, 5) is 14.6. The lowest BCUT2D eigenvalue weighted by molar-refractivity contribution is 0.206. The second-order valence-electron chi connectivity index (χ2n) is 16.2. The Kier molecular flexibility index (Phi) is 11.8. The summed E-state index contributed by atoms with van der Waals surface area (Å²) in [6.45, 7) is 11.8. The molecule has 288 valence electrons. The van der Waals surface area contributed by atoms with Gasteiger partial charge < -0.3 is 14.4 Å². The molecule has 2 aliphatic carbocycles. The highest BCUT2D eigenvalue weighted by Gasteiger charge is 2.35. The molecule has 2 unspecified atom stereocenters. The van der Waals surface area contributed by atoms with Crippen LogP contribution in [0.15, 0.2) is 104 Å². The van der Waals surface area contributed by atoms with Gasteiger partial charge in [0.25, 0.3) is 0 Å². The van der Waals surface area contributed by atoms with Crippen molar-refractivity contribution in [2.75, 3.05) is 40.3 Å². The number of hydrogen-bond acceptors (Lipinski definition) is 4. The van der Waals surface area contributed by atoms with Gasteiger partial charge in [-0.05, 0) is 196 Å². The number of aryl methyl sites for hydroxylation is 2. The van der Waals surface area contributed by atoms with Gasteiger partial charge in [0.05, 0.1) is 11.4 Å². The molecule has 0 spiro atoms. The number of allylic oxidation sites excluding steroid dienone is 3. The average molecular weight is 783 g/mol. The molecular weight excluding hydrogens is 729 g/mol. The van der Waals surface area contributed by atoms with Gasteiger partial charge in [-0.2, -0.15) is 0 Å². The van der Waals surface area contributed by atoms with E-state index in [4.69, 9.17) is 33.2 Å². The average Bonchev–Trinajstić information content (AvgIpc) is 3.50. The predicted octanol–water partition coefficient (Wildman–Crippen LogP) is 11.5. The van der Waals surface area contributed by atoms with Crippen LogP contribution in [0.5, 0.6) is 0 Å². The first-order valence-electron chi connectivity index (χ1n) is 20.3. The summed E-state index contributed by atoms with van der Waals surface area (Å²) in [5.74, 6) is 1.83. The Labute approximate surface area is 343 Å². The predicted molar refractivity (Wildman–Crippen MR) is 235 cm³/mol. The van der Waals surface area contributed by atoms with Crippen molar-refractivity contribution in [1.82, 2.24) is 24.3 Å². The number of benzene rings is 2. The molecule has 0 radical (unpaired) electrons. The van der Waals surface area contributed by atoms with E-state index in [0.29, 0.717) is 23.7 Å². The van der Waals surface area contributed by atoms with E-state index in [1.165, 1.54) is 81.7 Å². The van der Waals surface area contributed by atoms with Crippen LogP contribution < -0.4 is 0 Å². The minimum atomic E-state index is 0.311. The molecule has 5 nitrogen and oxygen atoms in total. The lowest BCUT2D eigenvalue weighted by Crippen LogP contribution is -2.33. The molecule has 5 aromatic rings. The normalized spacial score (nSPS) is 20.2. The van der Waals surface area contributed by atoms with Gasteiger partial charge in [-0.25, -0.2) is 0 Å². The third-order valence-corrected chi connectivity index (χ3v) is 13.2. The summed E-state index contributed by atoms with van der Waals surface area (Å²) in [5.41, 5.74) is 13.9. The third-order valence-electron chi connectivity index (χ3n) is 12.7. The van der Waals surface area contributed by atoms with Crippen LogP contribution in [0.3, 0.4) is 0 Å². The van der Waals surface area contributed by atoms with Gasteiger partial charge in [0.2, 0.25) is 0 Å². The molecule has 4 aliphatic rings. The van der Waals surface area contributed by atoms with Crippen molar-refractivity contribution < 1.29 is 0 Å². The molecule has 3 aromatic heterocycles. The quantitative estimate of drug-likeness (QED) is 0.172. The largest absolute Gasteiger partial charge is 0.351 e. The van der Waals surface area contributed by atoms with E-state index in [-0.39, 0.29) is 0 Å². The maximum Gasteiger partial charge on any atom is 0.0553 e. The minimum absolute atomic E-state index is 0.311. The van der Waals surface area contributed by atoms with E-state index < -0.39 is 0 Å². The lowest BCUT2D eigenvalue weighted by atomic mass is 9.76. The fourth-order valence-electron chi connectivity index (χ4n) is 9.60.